The fraction of sp³-hybridized carbons (Fsp3) is 0.167. The summed E-state index contributed by atoms with van der Waals surface area (Å²) in [5, 5.41) is 9.50. The highest BCUT2D eigenvalue weighted by Crippen LogP contribution is 2.37. The van der Waals surface area contributed by atoms with E-state index in [9.17, 15) is 13.5 Å². The predicted octanol–water partition coefficient (Wildman–Crippen LogP) is 2.93. The average molecular weight is 412 g/mol. The maximum Gasteiger partial charge on any atom is 0.274 e. The molecule has 0 aliphatic rings. The monoisotopic (exact) mass is 410 g/mol. The van der Waals surface area contributed by atoms with Crippen molar-refractivity contribution in [3.63, 3.8) is 0 Å². The molecule has 0 amide bonds. The molecule has 0 fully saturated rings. The number of benzene rings is 1. The largest absolute Gasteiger partial charge is 0.397 e. The maximum atomic E-state index is 12.7. The van der Waals surface area contributed by atoms with Crippen LogP contribution in [0, 0.1) is 0 Å². The molecule has 9 heteroatoms. The van der Waals surface area contributed by atoms with Crippen LogP contribution < -0.4 is 10.0 Å². The number of aliphatic hydroxyl groups is 1. The number of hydrogen-bond donors (Lipinski definition) is 2. The summed E-state index contributed by atoms with van der Waals surface area (Å²) in [6.45, 7) is -0.419. The molecule has 2 aromatic rings. The highest BCUT2D eigenvalue weighted by molar-refractivity contribution is 9.11. The van der Waals surface area contributed by atoms with E-state index in [1.54, 1.807) is 24.3 Å². The van der Waals surface area contributed by atoms with Gasteiger partial charge in [0.2, 0.25) is 0 Å². The predicted molar refractivity (Wildman–Crippen MR) is 89.5 cm³/mol. The molecule has 0 atom stereocenters. The van der Waals surface area contributed by atoms with Gasteiger partial charge < -0.3 is 10.8 Å². The molecule has 0 saturated heterocycles. The van der Waals surface area contributed by atoms with Gasteiger partial charge in [0.15, 0.2) is 0 Å². The van der Waals surface area contributed by atoms with Crippen LogP contribution in [0.15, 0.2) is 38.3 Å². The lowest BCUT2D eigenvalue weighted by molar-refractivity contribution is 0.307. The molecule has 21 heavy (non-hydrogen) atoms. The Morgan fingerprint density at radius 1 is 1.38 bits per heavy atom. The smallest absolute Gasteiger partial charge is 0.274 e. The quantitative estimate of drug-likeness (QED) is 0.741. The van der Waals surface area contributed by atoms with Gasteiger partial charge in [-0.05, 0) is 34.1 Å². The van der Waals surface area contributed by atoms with Crippen LogP contribution >= 0.6 is 38.9 Å². The second-order valence-electron chi connectivity index (χ2n) is 4.05. The molecule has 0 radical (unpaired) electrons. The van der Waals surface area contributed by atoms with Gasteiger partial charge in [0.1, 0.15) is 4.21 Å². The topological polar surface area (TPSA) is 83.6 Å². The Morgan fingerprint density at radius 2 is 2.05 bits per heavy atom. The van der Waals surface area contributed by atoms with Crippen LogP contribution in [0.5, 0.6) is 0 Å². The van der Waals surface area contributed by atoms with Gasteiger partial charge in [0.05, 0.1) is 33.3 Å². The summed E-state index contributed by atoms with van der Waals surface area (Å²) < 4.78 is 27.2. The van der Waals surface area contributed by atoms with Crippen LogP contribution in [0.25, 0.3) is 0 Å². The van der Waals surface area contributed by atoms with Crippen molar-refractivity contribution in [1.29, 1.82) is 0 Å². The third kappa shape index (κ3) is 3.35. The number of aliphatic hydroxyl groups excluding tert-OH is 1. The van der Waals surface area contributed by atoms with E-state index in [-0.39, 0.29) is 17.4 Å². The van der Waals surface area contributed by atoms with Crippen molar-refractivity contribution >= 4 is 60.3 Å². The summed E-state index contributed by atoms with van der Waals surface area (Å²) in [4.78, 5) is 0. The number of halogens is 2. The van der Waals surface area contributed by atoms with E-state index in [0.717, 1.165) is 15.6 Å². The lowest BCUT2D eigenvalue weighted by Gasteiger charge is -2.24. The second kappa shape index (κ2) is 6.53. The number of rotatable bonds is 5. The first-order valence-corrected chi connectivity index (χ1v) is 9.23. The number of hydrogen-bond acceptors (Lipinski definition) is 5. The van der Waals surface area contributed by atoms with Crippen LogP contribution in [0.3, 0.4) is 0 Å². The number of nitrogen functional groups attached to an aromatic ring is 1. The molecule has 1 heterocycles. The minimum Gasteiger partial charge on any atom is -0.397 e. The van der Waals surface area contributed by atoms with E-state index in [1.165, 1.54) is 6.07 Å². The molecule has 3 N–H and O–H groups in total. The fourth-order valence-corrected chi connectivity index (χ4v) is 5.73. The zero-order valence-corrected chi connectivity index (χ0v) is 14.6. The molecule has 0 saturated carbocycles. The summed E-state index contributed by atoms with van der Waals surface area (Å²) in [7, 11) is -3.84. The third-order valence-electron chi connectivity index (χ3n) is 2.68. The molecular formula is C12H12BrClN2O3S2. The van der Waals surface area contributed by atoms with E-state index in [4.69, 9.17) is 17.3 Å². The number of para-hydroxylation sites is 2. The normalized spacial score (nSPS) is 11.6. The highest BCUT2D eigenvalue weighted by atomic mass is 79.9. The van der Waals surface area contributed by atoms with Gasteiger partial charge in [-0.15, -0.1) is 11.3 Å². The Hall–Kier alpha value is -0.800. The molecule has 0 bridgehead atoms. The molecule has 114 valence electrons. The Kier molecular flexibility index (Phi) is 5.15. The Morgan fingerprint density at radius 3 is 2.57 bits per heavy atom. The number of sulfonamides is 1. The first-order chi connectivity index (χ1) is 9.87. The molecule has 0 aliphatic carbocycles. The van der Waals surface area contributed by atoms with Crippen LogP contribution in [0.4, 0.5) is 11.4 Å². The van der Waals surface area contributed by atoms with Gasteiger partial charge in [-0.25, -0.2) is 8.42 Å². The summed E-state index contributed by atoms with van der Waals surface area (Å²) >= 11 is 10.1. The van der Waals surface area contributed by atoms with Gasteiger partial charge in [0, 0.05) is 0 Å². The SMILES string of the molecule is Nc1ccccc1N(CCO)S(=O)(=O)c1cc(Cl)c(Br)s1. The van der Waals surface area contributed by atoms with Crippen LogP contribution in [0.2, 0.25) is 5.02 Å². The molecule has 0 aliphatic heterocycles. The molecular weight excluding hydrogens is 400 g/mol. The van der Waals surface area contributed by atoms with Crippen molar-refractivity contribution in [1.82, 2.24) is 0 Å². The molecule has 1 aromatic heterocycles. The lowest BCUT2D eigenvalue weighted by atomic mass is 10.3. The van der Waals surface area contributed by atoms with E-state index in [1.807, 2.05) is 0 Å². The summed E-state index contributed by atoms with van der Waals surface area (Å²) in [6, 6.07) is 7.96. The lowest BCUT2D eigenvalue weighted by Crippen LogP contribution is -2.33. The fourth-order valence-electron chi connectivity index (χ4n) is 1.74. The van der Waals surface area contributed by atoms with E-state index in [2.05, 4.69) is 15.9 Å². The Balaban J connectivity index is 2.54. The summed E-state index contributed by atoms with van der Waals surface area (Å²) in [5.41, 5.74) is 6.48. The summed E-state index contributed by atoms with van der Waals surface area (Å²) in [5.74, 6) is 0. The van der Waals surface area contributed by atoms with Crippen molar-refractivity contribution in [2.24, 2.45) is 0 Å². The zero-order valence-electron chi connectivity index (χ0n) is 10.7. The van der Waals surface area contributed by atoms with E-state index >= 15 is 0 Å². The Bertz CT molecular complexity index is 729. The van der Waals surface area contributed by atoms with Crippen molar-refractivity contribution in [2.75, 3.05) is 23.2 Å². The summed E-state index contributed by atoms with van der Waals surface area (Å²) in [6.07, 6.45) is 0. The first-order valence-electron chi connectivity index (χ1n) is 5.81. The van der Waals surface area contributed by atoms with Crippen LogP contribution in [-0.4, -0.2) is 26.7 Å². The molecule has 5 nitrogen and oxygen atoms in total. The van der Waals surface area contributed by atoms with Crippen molar-refractivity contribution in [3.8, 4) is 0 Å². The average Bonchev–Trinajstić information content (AvgIpc) is 2.78. The zero-order chi connectivity index (χ0) is 15.6. The second-order valence-corrected chi connectivity index (χ2v) is 8.91. The minimum absolute atomic E-state index is 0.0797. The molecule has 2 rings (SSSR count). The van der Waals surface area contributed by atoms with E-state index < -0.39 is 10.0 Å². The van der Waals surface area contributed by atoms with Crippen LogP contribution in [-0.2, 0) is 10.0 Å². The number of nitrogens with two attached hydrogens (primary N) is 1. The number of nitrogens with zero attached hydrogens (tertiary/aromatic N) is 1. The molecule has 0 spiro atoms. The Labute approximate surface area is 140 Å². The van der Waals surface area contributed by atoms with Crippen molar-refractivity contribution in [2.45, 2.75) is 4.21 Å². The van der Waals surface area contributed by atoms with Crippen LogP contribution in [0.1, 0.15) is 0 Å². The first kappa shape index (κ1) is 16.6. The van der Waals surface area contributed by atoms with Gasteiger partial charge in [-0.2, -0.15) is 0 Å². The third-order valence-corrected chi connectivity index (χ3v) is 7.41. The maximum absolute atomic E-state index is 12.7. The molecule has 1 aromatic carbocycles. The van der Waals surface area contributed by atoms with Gasteiger partial charge in [-0.3, -0.25) is 4.31 Å². The van der Waals surface area contributed by atoms with Gasteiger partial charge >= 0.3 is 0 Å². The minimum atomic E-state index is -3.84. The van der Waals surface area contributed by atoms with E-state index in [0.29, 0.717) is 20.2 Å². The van der Waals surface area contributed by atoms with Gasteiger partial charge in [-0.1, -0.05) is 23.7 Å². The number of thiophene rings is 1. The van der Waals surface area contributed by atoms with Gasteiger partial charge in [0.25, 0.3) is 10.0 Å². The van der Waals surface area contributed by atoms with Crippen molar-refractivity contribution in [3.05, 3.63) is 39.1 Å². The number of anilines is 2. The highest BCUT2D eigenvalue weighted by Gasteiger charge is 2.28. The van der Waals surface area contributed by atoms with Crippen molar-refractivity contribution < 1.29 is 13.5 Å². The standard InChI is InChI=1S/C12H12BrClN2O3S2/c13-12-8(14)7-11(20-12)21(18,19)16(5-6-17)10-4-2-1-3-9(10)15/h1-4,7,17H,5-6,15H2. The molecule has 0 unspecified atom stereocenters.